The van der Waals surface area contributed by atoms with E-state index >= 15 is 0 Å². The molecule has 0 bridgehead atoms. The highest BCUT2D eigenvalue weighted by Gasteiger charge is 2.30. The lowest BCUT2D eigenvalue weighted by molar-refractivity contribution is 0.468. The predicted molar refractivity (Wildman–Crippen MR) is 98.3 cm³/mol. The van der Waals surface area contributed by atoms with E-state index in [1.807, 2.05) is 35.2 Å². The van der Waals surface area contributed by atoms with E-state index in [-0.39, 0.29) is 6.04 Å². The fraction of sp³-hybridized carbons (Fsp3) is 0.250. The molecule has 1 saturated heterocycles. The monoisotopic (exact) mass is 377 g/mol. The number of para-hydroxylation sites is 2. The molecule has 4 rings (SSSR count). The number of anilines is 1. The number of hydrogen-bond acceptors (Lipinski definition) is 5. The molecule has 9 heteroatoms. The van der Waals surface area contributed by atoms with Crippen molar-refractivity contribution in [3.63, 3.8) is 0 Å². The van der Waals surface area contributed by atoms with Crippen molar-refractivity contribution in [1.29, 1.82) is 0 Å². The van der Waals surface area contributed by atoms with Gasteiger partial charge in [-0.15, -0.1) is 0 Å². The number of pyridine rings is 1. The topological polar surface area (TPSA) is 91.0 Å². The van der Waals surface area contributed by atoms with Crippen LogP contribution in [0.4, 0.5) is 5.82 Å². The number of nitrogens with zero attached hydrogens (tertiary/aromatic N) is 3. The lowest BCUT2D eigenvalue weighted by Crippen LogP contribution is -2.59. The maximum absolute atomic E-state index is 11.3. The van der Waals surface area contributed by atoms with E-state index in [1.54, 1.807) is 6.20 Å². The number of halogens is 1. The first-order chi connectivity index (χ1) is 11.9. The fourth-order valence-electron chi connectivity index (χ4n) is 2.91. The molecular formula is C16H16ClN5O2S. The smallest absolute Gasteiger partial charge is 0.209 e. The molecule has 3 heterocycles. The van der Waals surface area contributed by atoms with Gasteiger partial charge in [-0.1, -0.05) is 23.7 Å². The maximum Gasteiger partial charge on any atom is 0.209 e. The number of aromatic nitrogens is 3. The minimum atomic E-state index is -3.20. The molecular weight excluding hydrogens is 362 g/mol. The molecule has 2 N–H and O–H groups in total. The summed E-state index contributed by atoms with van der Waals surface area (Å²) in [5.74, 6) is 1.42. The van der Waals surface area contributed by atoms with Gasteiger partial charge in [0.05, 0.1) is 28.4 Å². The second kappa shape index (κ2) is 5.98. The number of aromatic amines is 1. The quantitative estimate of drug-likeness (QED) is 0.725. The summed E-state index contributed by atoms with van der Waals surface area (Å²) in [5.41, 5.74) is 2.57. The lowest BCUT2D eigenvalue weighted by Gasteiger charge is -2.40. The molecule has 1 aromatic carbocycles. The molecule has 0 atom stereocenters. The van der Waals surface area contributed by atoms with Crippen LogP contribution in [-0.2, 0) is 10.0 Å². The van der Waals surface area contributed by atoms with E-state index in [0.29, 0.717) is 23.9 Å². The average Bonchev–Trinajstić information content (AvgIpc) is 2.94. The predicted octanol–water partition coefficient (Wildman–Crippen LogP) is 2.02. The van der Waals surface area contributed by atoms with E-state index in [2.05, 4.69) is 19.7 Å². The van der Waals surface area contributed by atoms with Gasteiger partial charge in [0.1, 0.15) is 11.6 Å². The van der Waals surface area contributed by atoms with Crippen molar-refractivity contribution < 1.29 is 8.42 Å². The molecule has 3 aromatic rings. The largest absolute Gasteiger partial charge is 0.353 e. The summed E-state index contributed by atoms with van der Waals surface area (Å²) in [6, 6.07) is 9.54. The molecule has 0 unspecified atom stereocenters. The Hall–Kier alpha value is -2.16. The van der Waals surface area contributed by atoms with Crippen LogP contribution in [-0.4, -0.2) is 48.8 Å². The van der Waals surface area contributed by atoms with Crippen LogP contribution in [0.5, 0.6) is 0 Å². The van der Waals surface area contributed by atoms with Crippen LogP contribution in [0, 0.1) is 0 Å². The molecule has 0 spiro atoms. The Labute approximate surface area is 150 Å². The fourth-order valence-corrected chi connectivity index (χ4v) is 3.85. The second-order valence-electron chi connectivity index (χ2n) is 6.12. The number of H-pyrrole nitrogens is 1. The molecule has 0 aliphatic carbocycles. The van der Waals surface area contributed by atoms with Crippen LogP contribution in [0.15, 0.2) is 36.5 Å². The number of hydrogen-bond donors (Lipinski definition) is 2. The minimum absolute atomic E-state index is 0.0953. The maximum atomic E-state index is 11.3. The van der Waals surface area contributed by atoms with E-state index in [9.17, 15) is 8.42 Å². The van der Waals surface area contributed by atoms with Gasteiger partial charge in [0.15, 0.2) is 0 Å². The number of fused-ring (bicyclic) bond motifs is 1. The van der Waals surface area contributed by atoms with Gasteiger partial charge in [-0.05, 0) is 18.2 Å². The molecule has 1 fully saturated rings. The molecule has 1 aliphatic heterocycles. The van der Waals surface area contributed by atoms with E-state index in [1.165, 1.54) is 0 Å². The highest BCUT2D eigenvalue weighted by atomic mass is 35.5. The van der Waals surface area contributed by atoms with Crippen molar-refractivity contribution in [2.24, 2.45) is 0 Å². The van der Waals surface area contributed by atoms with Gasteiger partial charge >= 0.3 is 0 Å². The molecule has 0 amide bonds. The van der Waals surface area contributed by atoms with Crippen LogP contribution in [0.1, 0.15) is 0 Å². The number of imidazole rings is 1. The summed E-state index contributed by atoms with van der Waals surface area (Å²) in [6.07, 6.45) is 2.76. The Morgan fingerprint density at radius 1 is 1.32 bits per heavy atom. The third kappa shape index (κ3) is 3.33. The van der Waals surface area contributed by atoms with Crippen LogP contribution < -0.4 is 9.62 Å². The SMILES string of the molecule is CS(=O)(=O)NC1CN(c2cc(-c3nc4ccccc4[nH]3)c(Cl)cn2)C1. The second-order valence-corrected chi connectivity index (χ2v) is 8.30. The molecule has 7 nitrogen and oxygen atoms in total. The van der Waals surface area contributed by atoms with Crippen molar-refractivity contribution in [3.05, 3.63) is 41.6 Å². The number of nitrogens with one attached hydrogen (secondary N) is 2. The van der Waals surface area contributed by atoms with Crippen LogP contribution in [0.3, 0.4) is 0 Å². The van der Waals surface area contributed by atoms with Gasteiger partial charge in [0.2, 0.25) is 10.0 Å². The molecule has 1 aliphatic rings. The summed E-state index contributed by atoms with van der Waals surface area (Å²) in [6.45, 7) is 1.14. The summed E-state index contributed by atoms with van der Waals surface area (Å²) in [4.78, 5) is 14.2. The highest BCUT2D eigenvalue weighted by molar-refractivity contribution is 7.88. The zero-order chi connectivity index (χ0) is 17.6. The zero-order valence-electron chi connectivity index (χ0n) is 13.4. The first-order valence-electron chi connectivity index (χ1n) is 7.72. The molecule has 0 saturated carbocycles. The Morgan fingerprint density at radius 2 is 2.08 bits per heavy atom. The third-order valence-corrected chi connectivity index (χ3v) is 5.13. The Bertz CT molecular complexity index is 1010. The Morgan fingerprint density at radius 3 is 2.80 bits per heavy atom. The summed E-state index contributed by atoms with van der Waals surface area (Å²) >= 11 is 6.31. The van der Waals surface area contributed by atoms with Crippen molar-refractivity contribution in [2.75, 3.05) is 24.2 Å². The van der Waals surface area contributed by atoms with Crippen molar-refractivity contribution in [2.45, 2.75) is 6.04 Å². The van der Waals surface area contributed by atoms with E-state index < -0.39 is 10.0 Å². The molecule has 25 heavy (non-hydrogen) atoms. The number of benzene rings is 1. The van der Waals surface area contributed by atoms with Gasteiger partial charge < -0.3 is 9.88 Å². The van der Waals surface area contributed by atoms with Crippen LogP contribution in [0.25, 0.3) is 22.4 Å². The summed E-state index contributed by atoms with van der Waals surface area (Å²) in [7, 11) is -3.20. The number of rotatable bonds is 4. The zero-order valence-corrected chi connectivity index (χ0v) is 15.0. The normalized spacial score (nSPS) is 15.5. The minimum Gasteiger partial charge on any atom is -0.353 e. The van der Waals surface area contributed by atoms with E-state index in [0.717, 1.165) is 28.7 Å². The first-order valence-corrected chi connectivity index (χ1v) is 9.99. The van der Waals surface area contributed by atoms with Gasteiger partial charge in [0, 0.05) is 24.8 Å². The summed E-state index contributed by atoms with van der Waals surface area (Å²) < 4.78 is 25.1. The van der Waals surface area contributed by atoms with Crippen molar-refractivity contribution >= 4 is 38.5 Å². The summed E-state index contributed by atoms with van der Waals surface area (Å²) in [5, 5.41) is 0.508. The van der Waals surface area contributed by atoms with Crippen molar-refractivity contribution in [1.82, 2.24) is 19.7 Å². The Kier molecular flexibility index (Phi) is 3.90. The lowest BCUT2D eigenvalue weighted by atomic mass is 10.1. The van der Waals surface area contributed by atoms with Gasteiger partial charge in [-0.2, -0.15) is 0 Å². The molecule has 130 valence electrons. The van der Waals surface area contributed by atoms with Crippen LogP contribution in [0.2, 0.25) is 5.02 Å². The van der Waals surface area contributed by atoms with Gasteiger partial charge in [0.25, 0.3) is 0 Å². The Balaban J connectivity index is 1.59. The van der Waals surface area contributed by atoms with Gasteiger partial charge in [-0.3, -0.25) is 0 Å². The van der Waals surface area contributed by atoms with Gasteiger partial charge in [-0.25, -0.2) is 23.1 Å². The standard InChI is InChI=1S/C16H16ClN5O2S/c1-25(23,24)21-10-8-22(9-10)15-6-11(12(17)7-18-15)16-19-13-4-2-3-5-14(13)20-16/h2-7,10,21H,8-9H2,1H3,(H,19,20). The average molecular weight is 378 g/mol. The third-order valence-electron chi connectivity index (χ3n) is 4.07. The highest BCUT2D eigenvalue weighted by Crippen LogP contribution is 2.31. The molecule has 2 aromatic heterocycles. The molecule has 0 radical (unpaired) electrons. The number of sulfonamides is 1. The van der Waals surface area contributed by atoms with Crippen molar-refractivity contribution in [3.8, 4) is 11.4 Å². The first kappa shape index (κ1) is 16.3. The van der Waals surface area contributed by atoms with E-state index in [4.69, 9.17) is 11.6 Å². The van der Waals surface area contributed by atoms with Crippen LogP contribution >= 0.6 is 11.6 Å².